The summed E-state index contributed by atoms with van der Waals surface area (Å²) in [6, 6.07) is 14.3. The Morgan fingerprint density at radius 3 is 2.74 bits per heavy atom. The number of aromatic nitrogens is 3. The Labute approximate surface area is 280 Å². The predicted molar refractivity (Wildman–Crippen MR) is 176 cm³/mol. The van der Waals surface area contributed by atoms with Gasteiger partial charge >= 0.3 is 5.97 Å². The maximum atomic E-state index is 15.4. The lowest BCUT2D eigenvalue weighted by Gasteiger charge is -2.20. The molecule has 0 aliphatic carbocycles. The second-order valence-electron chi connectivity index (χ2n) is 10.7. The fourth-order valence-corrected chi connectivity index (χ4v) is 5.92. The highest BCUT2D eigenvalue weighted by molar-refractivity contribution is 14.1. The third-order valence-electron chi connectivity index (χ3n) is 7.55. The molecular weight excluding hydrogens is 731 g/mol. The fraction of sp³-hybridized carbons (Fsp3) is 0.273. The number of hydrogen-bond donors (Lipinski definition) is 2. The highest BCUT2D eigenvalue weighted by Gasteiger charge is 2.30. The summed E-state index contributed by atoms with van der Waals surface area (Å²) < 4.78 is 71.5. The SMILES string of the molecule is CCOC(=O)CCc1c(Oc2ccc(F)c(-c3ncc(C(CCC(F)(F)CN=[N+]=[N-])c4cccc(I)c4)[nH]3)c2)c(F)cc2[nH]ccc12. The van der Waals surface area contributed by atoms with Crippen LogP contribution in [0.15, 0.2) is 72.1 Å². The summed E-state index contributed by atoms with van der Waals surface area (Å²) in [6.45, 7) is 0.951. The molecule has 0 radical (unpaired) electrons. The number of aromatic amines is 2. The number of nitrogens with zero attached hydrogens (tertiary/aromatic N) is 4. The van der Waals surface area contributed by atoms with Crippen LogP contribution in [-0.4, -0.2) is 40.0 Å². The first-order valence-electron chi connectivity index (χ1n) is 14.7. The van der Waals surface area contributed by atoms with E-state index in [2.05, 4.69) is 47.6 Å². The third kappa shape index (κ3) is 8.24. The Kier molecular flexibility index (Phi) is 10.7. The van der Waals surface area contributed by atoms with E-state index in [-0.39, 0.29) is 48.8 Å². The summed E-state index contributed by atoms with van der Waals surface area (Å²) in [7, 11) is 0. The van der Waals surface area contributed by atoms with E-state index in [1.807, 2.05) is 24.3 Å². The normalized spacial score (nSPS) is 12.1. The summed E-state index contributed by atoms with van der Waals surface area (Å²) in [5, 5.41) is 3.69. The highest BCUT2D eigenvalue weighted by atomic mass is 127. The Bertz CT molecular complexity index is 1940. The number of esters is 1. The van der Waals surface area contributed by atoms with E-state index < -0.39 is 42.4 Å². The van der Waals surface area contributed by atoms with Crippen LogP contribution in [-0.2, 0) is 16.0 Å². The lowest BCUT2D eigenvalue weighted by molar-refractivity contribution is -0.143. The van der Waals surface area contributed by atoms with Crippen LogP contribution in [0.5, 0.6) is 11.5 Å². The van der Waals surface area contributed by atoms with E-state index in [0.717, 1.165) is 15.2 Å². The molecule has 9 nitrogen and oxygen atoms in total. The molecule has 1 unspecified atom stereocenters. The van der Waals surface area contributed by atoms with Crippen molar-refractivity contribution >= 4 is 39.5 Å². The average molecular weight is 761 g/mol. The van der Waals surface area contributed by atoms with E-state index in [0.29, 0.717) is 22.2 Å². The van der Waals surface area contributed by atoms with Gasteiger partial charge < -0.3 is 19.4 Å². The van der Waals surface area contributed by atoms with Gasteiger partial charge in [-0.2, -0.15) is 0 Å². The molecule has 0 amide bonds. The highest BCUT2D eigenvalue weighted by Crippen LogP contribution is 2.38. The number of alkyl halides is 2. The minimum absolute atomic E-state index is 0.00310. The third-order valence-corrected chi connectivity index (χ3v) is 8.22. The van der Waals surface area contributed by atoms with Crippen LogP contribution < -0.4 is 4.74 Å². The summed E-state index contributed by atoms with van der Waals surface area (Å²) in [4.78, 5) is 24.9. The Morgan fingerprint density at radius 2 is 1.98 bits per heavy atom. The minimum atomic E-state index is -3.22. The van der Waals surface area contributed by atoms with Crippen molar-refractivity contribution in [1.29, 1.82) is 0 Å². The van der Waals surface area contributed by atoms with Crippen molar-refractivity contribution in [3.05, 3.63) is 109 Å². The molecule has 0 saturated carbocycles. The molecule has 2 N–H and O–H groups in total. The molecule has 0 fully saturated rings. The molecule has 2 aromatic heterocycles. The number of fused-ring (bicyclic) bond motifs is 1. The van der Waals surface area contributed by atoms with Crippen molar-refractivity contribution in [2.75, 3.05) is 13.2 Å². The predicted octanol–water partition coefficient (Wildman–Crippen LogP) is 9.59. The molecule has 0 spiro atoms. The number of H-pyrrole nitrogens is 2. The van der Waals surface area contributed by atoms with E-state index in [4.69, 9.17) is 15.0 Å². The number of halogens is 5. The molecule has 5 aromatic rings. The van der Waals surface area contributed by atoms with Crippen molar-refractivity contribution in [2.45, 2.75) is 44.4 Å². The lowest BCUT2D eigenvalue weighted by atomic mass is 9.90. The topological polar surface area (TPSA) is 129 Å². The second kappa shape index (κ2) is 14.9. The number of ether oxygens (including phenoxy) is 2. The molecule has 244 valence electrons. The van der Waals surface area contributed by atoms with E-state index in [1.165, 1.54) is 24.4 Å². The van der Waals surface area contributed by atoms with E-state index >= 15 is 8.78 Å². The van der Waals surface area contributed by atoms with E-state index in [9.17, 15) is 13.6 Å². The van der Waals surface area contributed by atoms with Gasteiger partial charge in [-0.1, -0.05) is 17.2 Å². The molecule has 0 bridgehead atoms. The maximum absolute atomic E-state index is 15.4. The second-order valence-corrected chi connectivity index (χ2v) is 12.0. The standard InChI is InChI=1S/C33H29F4IN6O3/c1-2-46-30(45)9-7-24-23-11-13-40-28(23)16-27(35)31(24)47-21-6-8-26(34)25(15-21)32-41-17-29(43-32)22(19-4-3-5-20(38)14-19)10-12-33(36,37)18-42-44-39/h3-6,8,11,13-17,22,40H,2,7,9-10,12,18H2,1H3,(H,41,43). The number of rotatable bonds is 14. The zero-order chi connectivity index (χ0) is 33.6. The summed E-state index contributed by atoms with van der Waals surface area (Å²) in [6.07, 6.45) is 2.66. The van der Waals surface area contributed by atoms with Gasteiger partial charge in [0.05, 0.1) is 18.7 Å². The fourth-order valence-electron chi connectivity index (χ4n) is 5.35. The number of hydrogen-bond acceptors (Lipinski definition) is 5. The first-order valence-corrected chi connectivity index (χ1v) is 15.8. The first-order chi connectivity index (χ1) is 22.6. The molecule has 0 aliphatic rings. The lowest BCUT2D eigenvalue weighted by Crippen LogP contribution is -2.21. The van der Waals surface area contributed by atoms with Gasteiger partial charge in [-0.15, -0.1) is 0 Å². The molecule has 14 heteroatoms. The van der Waals surface area contributed by atoms with E-state index in [1.54, 1.807) is 19.2 Å². The number of carbonyl (C=O) groups is 1. The number of benzene rings is 3. The van der Waals surface area contributed by atoms with Crippen LogP contribution >= 0.6 is 22.6 Å². The molecule has 0 aliphatic heterocycles. The number of azide groups is 1. The van der Waals surface area contributed by atoms with Crippen molar-refractivity contribution in [3.63, 3.8) is 0 Å². The van der Waals surface area contributed by atoms with Gasteiger partial charge in [-0.3, -0.25) is 4.79 Å². The minimum Gasteiger partial charge on any atom is -0.466 e. The molecule has 5 rings (SSSR count). The molecule has 0 saturated heterocycles. The van der Waals surface area contributed by atoms with Gasteiger partial charge in [0.2, 0.25) is 0 Å². The van der Waals surface area contributed by atoms with Crippen molar-refractivity contribution in [1.82, 2.24) is 15.0 Å². The summed E-state index contributed by atoms with van der Waals surface area (Å²) in [5.74, 6) is -5.43. The Hall–Kier alpha value is -4.56. The number of aryl methyl sites for hydroxylation is 1. The average Bonchev–Trinajstić information content (AvgIpc) is 3.71. The van der Waals surface area contributed by atoms with Crippen LogP contribution in [0.1, 0.15) is 48.9 Å². The summed E-state index contributed by atoms with van der Waals surface area (Å²) >= 11 is 2.13. The Morgan fingerprint density at radius 1 is 1.15 bits per heavy atom. The van der Waals surface area contributed by atoms with Gasteiger partial charge in [-0.05, 0) is 89.8 Å². The first kappa shape index (κ1) is 33.8. The van der Waals surface area contributed by atoms with Gasteiger partial charge in [0.25, 0.3) is 5.92 Å². The molecule has 2 heterocycles. The smallest absolute Gasteiger partial charge is 0.306 e. The molecule has 47 heavy (non-hydrogen) atoms. The number of imidazole rings is 1. The Balaban J connectivity index is 1.46. The maximum Gasteiger partial charge on any atom is 0.306 e. The van der Waals surface area contributed by atoms with Crippen molar-refractivity contribution < 1.29 is 31.8 Å². The zero-order valence-corrected chi connectivity index (χ0v) is 27.2. The largest absolute Gasteiger partial charge is 0.466 e. The van der Waals surface area contributed by atoms with Crippen LogP contribution in [0, 0.1) is 15.2 Å². The van der Waals surface area contributed by atoms with Gasteiger partial charge in [-0.25, -0.2) is 22.5 Å². The molecular formula is C33H29F4IN6O3. The number of carbonyl (C=O) groups excluding carboxylic acids is 1. The van der Waals surface area contributed by atoms with Gasteiger partial charge in [0.15, 0.2) is 11.6 Å². The quantitative estimate of drug-likeness (QED) is 0.0292. The number of nitrogens with one attached hydrogen (secondary N) is 2. The van der Waals surface area contributed by atoms with Crippen LogP contribution in [0.2, 0.25) is 0 Å². The molecule has 1 atom stereocenters. The molecule has 3 aromatic carbocycles. The monoisotopic (exact) mass is 760 g/mol. The zero-order valence-electron chi connectivity index (χ0n) is 25.1. The van der Waals surface area contributed by atoms with Gasteiger partial charge in [0.1, 0.15) is 17.4 Å². The van der Waals surface area contributed by atoms with Crippen LogP contribution in [0.25, 0.3) is 32.7 Å². The van der Waals surface area contributed by atoms with Gasteiger partial charge in [0, 0.05) is 67.9 Å². The summed E-state index contributed by atoms with van der Waals surface area (Å²) in [5.41, 5.74) is 10.7. The van der Waals surface area contributed by atoms with Crippen molar-refractivity contribution in [3.8, 4) is 22.9 Å². The van der Waals surface area contributed by atoms with Crippen LogP contribution in [0.4, 0.5) is 17.6 Å². The van der Waals surface area contributed by atoms with Crippen molar-refractivity contribution in [2.24, 2.45) is 5.11 Å². The van der Waals surface area contributed by atoms with Crippen LogP contribution in [0.3, 0.4) is 0 Å².